The van der Waals surface area contributed by atoms with Crippen molar-refractivity contribution >= 4 is 11.7 Å². The number of hydrogen-bond donors (Lipinski definition) is 1. The molecule has 0 radical (unpaired) electrons. The van der Waals surface area contributed by atoms with Gasteiger partial charge in [-0.25, -0.2) is 4.79 Å². The van der Waals surface area contributed by atoms with Gasteiger partial charge in [0.2, 0.25) is 0 Å². The Bertz CT molecular complexity index is 442. The molecule has 2 rings (SSSR count). The lowest BCUT2D eigenvalue weighted by Crippen LogP contribution is -2.39. The zero-order chi connectivity index (χ0) is 13.9. The first kappa shape index (κ1) is 13.9. The zero-order valence-electron chi connectivity index (χ0n) is 12.2. The van der Waals surface area contributed by atoms with E-state index in [-0.39, 0.29) is 11.4 Å². The lowest BCUT2D eigenvalue weighted by atomic mass is 9.86. The molecule has 1 saturated heterocycles. The molecule has 0 unspecified atom stereocenters. The van der Waals surface area contributed by atoms with Crippen LogP contribution in [0, 0.1) is 0 Å². The molecule has 2 amide bonds. The molecule has 1 aliphatic rings. The molecule has 0 aliphatic carbocycles. The average Bonchev–Trinajstić information content (AvgIpc) is 2.39. The molecule has 0 spiro atoms. The van der Waals surface area contributed by atoms with E-state index in [0.717, 1.165) is 31.6 Å². The number of amides is 2. The third-order valence-corrected chi connectivity index (χ3v) is 3.62. The summed E-state index contributed by atoms with van der Waals surface area (Å²) in [6, 6.07) is 8.11. The Kier molecular flexibility index (Phi) is 4.13. The number of carbonyl (C=O) groups excluding carboxylic acids is 1. The Morgan fingerprint density at radius 2 is 1.74 bits per heavy atom. The van der Waals surface area contributed by atoms with Crippen molar-refractivity contribution in [3.8, 4) is 0 Å². The fourth-order valence-corrected chi connectivity index (χ4v) is 2.54. The van der Waals surface area contributed by atoms with E-state index < -0.39 is 0 Å². The van der Waals surface area contributed by atoms with Crippen LogP contribution in [0.2, 0.25) is 0 Å². The smallest absolute Gasteiger partial charge is 0.321 e. The van der Waals surface area contributed by atoms with Crippen molar-refractivity contribution in [3.63, 3.8) is 0 Å². The second kappa shape index (κ2) is 5.64. The van der Waals surface area contributed by atoms with Crippen molar-refractivity contribution < 1.29 is 4.79 Å². The summed E-state index contributed by atoms with van der Waals surface area (Å²) >= 11 is 0. The van der Waals surface area contributed by atoms with E-state index >= 15 is 0 Å². The summed E-state index contributed by atoms with van der Waals surface area (Å²) in [4.78, 5) is 14.2. The van der Waals surface area contributed by atoms with E-state index in [4.69, 9.17) is 0 Å². The highest BCUT2D eigenvalue weighted by molar-refractivity contribution is 5.90. The third kappa shape index (κ3) is 3.49. The molecule has 0 saturated carbocycles. The van der Waals surface area contributed by atoms with Gasteiger partial charge in [-0.1, -0.05) is 39.0 Å². The van der Waals surface area contributed by atoms with Gasteiger partial charge in [0.05, 0.1) is 0 Å². The highest BCUT2D eigenvalue weighted by Crippen LogP contribution is 2.29. The van der Waals surface area contributed by atoms with Crippen molar-refractivity contribution in [2.45, 2.75) is 45.4 Å². The molecular formula is C16H24N2O. The van der Waals surface area contributed by atoms with Crippen LogP contribution in [-0.2, 0) is 5.41 Å². The first-order valence-corrected chi connectivity index (χ1v) is 7.14. The largest absolute Gasteiger partial charge is 0.325 e. The van der Waals surface area contributed by atoms with Gasteiger partial charge in [0.25, 0.3) is 0 Å². The standard InChI is InChI=1S/C16H24N2O/c1-16(2,3)13-9-5-6-10-14(13)17-15(19)18-11-7-4-8-12-18/h5-6,9-10H,4,7-8,11-12H2,1-3H3,(H,17,19). The van der Waals surface area contributed by atoms with Crippen LogP contribution in [0.25, 0.3) is 0 Å². The maximum Gasteiger partial charge on any atom is 0.321 e. The number of nitrogens with zero attached hydrogens (tertiary/aromatic N) is 1. The summed E-state index contributed by atoms with van der Waals surface area (Å²) in [7, 11) is 0. The molecule has 3 nitrogen and oxygen atoms in total. The topological polar surface area (TPSA) is 32.3 Å². The van der Waals surface area contributed by atoms with Crippen molar-refractivity contribution in [1.29, 1.82) is 0 Å². The highest BCUT2D eigenvalue weighted by atomic mass is 16.2. The molecule has 0 bridgehead atoms. The van der Waals surface area contributed by atoms with Gasteiger partial charge < -0.3 is 10.2 Å². The van der Waals surface area contributed by atoms with E-state index in [9.17, 15) is 4.79 Å². The molecule has 0 aromatic heterocycles. The molecule has 1 N–H and O–H groups in total. The number of benzene rings is 1. The van der Waals surface area contributed by atoms with Crippen LogP contribution in [-0.4, -0.2) is 24.0 Å². The van der Waals surface area contributed by atoms with Gasteiger partial charge in [0, 0.05) is 18.8 Å². The average molecular weight is 260 g/mol. The Hall–Kier alpha value is -1.51. The van der Waals surface area contributed by atoms with Crippen molar-refractivity contribution in [2.75, 3.05) is 18.4 Å². The van der Waals surface area contributed by atoms with Crippen molar-refractivity contribution in [3.05, 3.63) is 29.8 Å². The normalized spacial score (nSPS) is 16.3. The van der Waals surface area contributed by atoms with E-state index in [2.05, 4.69) is 32.2 Å². The van der Waals surface area contributed by atoms with Crippen LogP contribution < -0.4 is 5.32 Å². The maximum atomic E-state index is 12.3. The Balaban J connectivity index is 2.12. The summed E-state index contributed by atoms with van der Waals surface area (Å²) in [5, 5.41) is 3.07. The van der Waals surface area contributed by atoms with E-state index in [1.807, 2.05) is 23.1 Å². The monoisotopic (exact) mass is 260 g/mol. The summed E-state index contributed by atoms with van der Waals surface area (Å²) in [5.74, 6) is 0. The number of carbonyl (C=O) groups is 1. The van der Waals surface area contributed by atoms with Gasteiger partial charge in [-0.2, -0.15) is 0 Å². The van der Waals surface area contributed by atoms with Crippen LogP contribution in [0.1, 0.15) is 45.6 Å². The minimum Gasteiger partial charge on any atom is -0.325 e. The van der Waals surface area contributed by atoms with Crippen LogP contribution in [0.5, 0.6) is 0 Å². The lowest BCUT2D eigenvalue weighted by molar-refractivity contribution is 0.200. The van der Waals surface area contributed by atoms with E-state index in [1.54, 1.807) is 0 Å². The predicted molar refractivity (Wildman–Crippen MR) is 79.6 cm³/mol. The number of likely N-dealkylation sites (tertiary alicyclic amines) is 1. The molecule has 1 heterocycles. The second-order valence-corrected chi connectivity index (χ2v) is 6.27. The van der Waals surface area contributed by atoms with Gasteiger partial charge in [0.1, 0.15) is 0 Å². The van der Waals surface area contributed by atoms with Gasteiger partial charge >= 0.3 is 6.03 Å². The van der Waals surface area contributed by atoms with Crippen LogP contribution in [0.4, 0.5) is 10.5 Å². The summed E-state index contributed by atoms with van der Waals surface area (Å²) in [6.45, 7) is 8.25. The van der Waals surface area contributed by atoms with Gasteiger partial charge in [-0.3, -0.25) is 0 Å². The number of urea groups is 1. The Morgan fingerprint density at radius 3 is 2.37 bits per heavy atom. The Morgan fingerprint density at radius 1 is 1.11 bits per heavy atom. The quantitative estimate of drug-likeness (QED) is 0.813. The van der Waals surface area contributed by atoms with E-state index in [0.29, 0.717) is 0 Å². The fourth-order valence-electron chi connectivity index (χ4n) is 2.54. The number of nitrogens with one attached hydrogen (secondary N) is 1. The first-order chi connectivity index (χ1) is 8.98. The summed E-state index contributed by atoms with van der Waals surface area (Å²) in [5.41, 5.74) is 2.15. The molecule has 104 valence electrons. The molecule has 19 heavy (non-hydrogen) atoms. The number of anilines is 1. The predicted octanol–water partition coefficient (Wildman–Crippen LogP) is 4.00. The van der Waals surface area contributed by atoms with E-state index in [1.165, 1.54) is 12.0 Å². The number of para-hydroxylation sites is 1. The third-order valence-electron chi connectivity index (χ3n) is 3.62. The molecule has 0 atom stereocenters. The molecule has 1 aliphatic heterocycles. The minimum atomic E-state index is 0.0335. The first-order valence-electron chi connectivity index (χ1n) is 7.14. The SMILES string of the molecule is CC(C)(C)c1ccccc1NC(=O)N1CCCCC1. The fraction of sp³-hybridized carbons (Fsp3) is 0.562. The van der Waals surface area contributed by atoms with Crippen molar-refractivity contribution in [2.24, 2.45) is 0 Å². The summed E-state index contributed by atoms with van der Waals surface area (Å²) in [6.07, 6.45) is 3.48. The number of rotatable bonds is 1. The van der Waals surface area contributed by atoms with Gasteiger partial charge in [-0.05, 0) is 36.3 Å². The minimum absolute atomic E-state index is 0.0335. The lowest BCUT2D eigenvalue weighted by Gasteiger charge is -2.28. The maximum absolute atomic E-state index is 12.3. The molecule has 1 aromatic rings. The van der Waals surface area contributed by atoms with Gasteiger partial charge in [0.15, 0.2) is 0 Å². The van der Waals surface area contributed by atoms with Gasteiger partial charge in [-0.15, -0.1) is 0 Å². The molecular weight excluding hydrogens is 236 g/mol. The number of hydrogen-bond acceptors (Lipinski definition) is 1. The van der Waals surface area contributed by atoms with Crippen LogP contribution in [0.15, 0.2) is 24.3 Å². The van der Waals surface area contributed by atoms with Crippen LogP contribution >= 0.6 is 0 Å². The van der Waals surface area contributed by atoms with Crippen molar-refractivity contribution in [1.82, 2.24) is 4.90 Å². The number of piperidine rings is 1. The summed E-state index contributed by atoms with van der Waals surface area (Å²) < 4.78 is 0. The second-order valence-electron chi connectivity index (χ2n) is 6.27. The molecule has 1 fully saturated rings. The Labute approximate surface area is 116 Å². The molecule has 3 heteroatoms. The highest BCUT2D eigenvalue weighted by Gasteiger charge is 2.21. The zero-order valence-corrected chi connectivity index (χ0v) is 12.2. The molecule has 1 aromatic carbocycles. The van der Waals surface area contributed by atoms with Crippen LogP contribution in [0.3, 0.4) is 0 Å².